The number of carbonyl (C=O) groups is 5. The van der Waals surface area contributed by atoms with Gasteiger partial charge in [-0.2, -0.15) is 0 Å². The lowest BCUT2D eigenvalue weighted by Gasteiger charge is -2.64. The number of likely N-dealkylation sites (N-methyl/N-ethyl adjacent to an activating group) is 1. The van der Waals surface area contributed by atoms with Crippen LogP contribution < -0.4 is 27.0 Å². The van der Waals surface area contributed by atoms with E-state index in [1.807, 2.05) is 12.1 Å². The summed E-state index contributed by atoms with van der Waals surface area (Å²) >= 11 is 0. The molecule has 15 nitrogen and oxygen atoms in total. The summed E-state index contributed by atoms with van der Waals surface area (Å²) < 4.78 is 13.1. The molecular weight excluding hydrogens is 911 g/mol. The molecule has 8 N–H and O–H groups in total. The van der Waals surface area contributed by atoms with Crippen LogP contribution in [-0.2, 0) is 41.3 Å². The first-order valence-corrected chi connectivity index (χ1v) is 25.7. The zero-order valence-corrected chi connectivity index (χ0v) is 42.6. The van der Waals surface area contributed by atoms with Gasteiger partial charge in [0.1, 0.15) is 35.7 Å². The van der Waals surface area contributed by atoms with E-state index in [0.29, 0.717) is 42.3 Å². The molecule has 16 heteroatoms. The molecule has 382 valence electrons. The molecule has 4 fully saturated rings. The number of hydrogen-bond donors (Lipinski definition) is 7. The first-order chi connectivity index (χ1) is 34.3. The van der Waals surface area contributed by atoms with Gasteiger partial charge in [-0.15, -0.1) is 0 Å². The molecule has 72 heavy (non-hydrogen) atoms. The summed E-state index contributed by atoms with van der Waals surface area (Å²) in [4.78, 5) is 73.0. The molecule has 5 aliphatic rings. The van der Waals surface area contributed by atoms with E-state index in [1.165, 1.54) is 48.7 Å². The standard InChI is InChI=1S/C56H71BN6O9/c1-8-9-12-34-14-17-36(18-15-34)37-19-21-38(22-20-37)51(67)61-43(13-10-11-26-58)54(70)63(7)49-39-23-25-46(65)42(29-39)41-27-35(16-24-45(41)64)28-44(62-50(66)32(2)59-53(49)69)52(68)60-33(3)57-71-48-31-40-30-47(55(40,4)5)56(48,6)72-57/h14-25,27,29,32-33,40,43-44,47-49,64-65H,8-13,26,28,30-31,58H2,1-7H3,(H,59,69)(H,60,68)(H,61,67)(H,62,66)/t32-,33-,40-,43-,44-,47-,48+,49-,56-/m0/s1. The third kappa shape index (κ3) is 10.6. The largest absolute Gasteiger partial charge is 0.507 e. The molecule has 4 aromatic carbocycles. The zero-order chi connectivity index (χ0) is 51.6. The highest BCUT2D eigenvalue weighted by molar-refractivity contribution is 6.47. The summed E-state index contributed by atoms with van der Waals surface area (Å²) in [6, 6.07) is 19.7. The third-order valence-corrected chi connectivity index (χ3v) is 16.0. The van der Waals surface area contributed by atoms with Crippen LogP contribution in [0.1, 0.15) is 120 Å². The number of unbranched alkanes of at least 4 members (excludes halogenated alkanes) is 2. The molecule has 3 saturated carbocycles. The van der Waals surface area contributed by atoms with Crippen LogP contribution in [0.4, 0.5) is 0 Å². The summed E-state index contributed by atoms with van der Waals surface area (Å²) in [6.07, 6.45) is 6.37. The van der Waals surface area contributed by atoms with Crippen molar-refractivity contribution in [2.24, 2.45) is 23.0 Å². The number of rotatable bonds is 15. The summed E-state index contributed by atoms with van der Waals surface area (Å²) in [5.41, 5.74) is 10.2. The first kappa shape index (κ1) is 52.1. The predicted octanol–water partition coefficient (Wildman–Crippen LogP) is 6.52. The Labute approximate surface area is 423 Å². The van der Waals surface area contributed by atoms with Crippen LogP contribution in [0.5, 0.6) is 11.5 Å². The summed E-state index contributed by atoms with van der Waals surface area (Å²) in [6.45, 7) is 12.5. The minimum atomic E-state index is -1.41. The third-order valence-electron chi connectivity index (χ3n) is 16.0. The Bertz CT molecular complexity index is 2660. The highest BCUT2D eigenvalue weighted by atomic mass is 16.7. The van der Waals surface area contributed by atoms with E-state index < -0.39 is 72.4 Å². The van der Waals surface area contributed by atoms with Crippen molar-refractivity contribution in [3.05, 3.63) is 107 Å². The number of hydrogen-bond acceptors (Lipinski definition) is 10. The number of nitrogens with zero attached hydrogens (tertiary/aromatic N) is 1. The topological polar surface area (TPSA) is 222 Å². The molecule has 0 radical (unpaired) electrons. The highest BCUT2D eigenvalue weighted by Gasteiger charge is 2.68. The van der Waals surface area contributed by atoms with Gasteiger partial charge in [-0.05, 0) is 154 Å². The van der Waals surface area contributed by atoms with Crippen molar-refractivity contribution in [3.63, 3.8) is 0 Å². The zero-order valence-electron chi connectivity index (χ0n) is 42.6. The van der Waals surface area contributed by atoms with E-state index in [1.54, 1.807) is 31.2 Å². The SMILES string of the molecule is CCCCc1ccc(-c2ccc(C(=O)N[C@@H](CCCCN)C(=O)N(C)[C@@H]3C(=O)N[C@@H](C)C(=O)N[C@H](C(=O)N[C@@H](C)B4O[C@@H]5C[C@@H]6C[C@@H](C6(C)C)[C@]5(C)O4)Cc4ccc(O)c(c4)-c4cc3ccc4O)cc2)cc1. The van der Waals surface area contributed by atoms with Crippen LogP contribution in [0.3, 0.4) is 0 Å². The number of amides is 5. The Balaban J connectivity index is 1.03. The van der Waals surface area contributed by atoms with E-state index in [2.05, 4.69) is 73.2 Å². The molecule has 2 heterocycles. The summed E-state index contributed by atoms with van der Waals surface area (Å²) in [7, 11) is 0.719. The van der Waals surface area contributed by atoms with Crippen molar-refractivity contribution < 1.29 is 43.5 Å². The van der Waals surface area contributed by atoms with E-state index in [9.17, 15) is 34.2 Å². The fourth-order valence-corrected chi connectivity index (χ4v) is 11.4. The van der Waals surface area contributed by atoms with Gasteiger partial charge in [0, 0.05) is 30.2 Å². The van der Waals surface area contributed by atoms with Crippen LogP contribution in [0, 0.1) is 17.3 Å². The normalized spacial score (nSPS) is 25.1. The molecule has 9 rings (SSSR count). The molecular formula is C56H71BN6O9. The Morgan fingerprint density at radius 2 is 1.53 bits per heavy atom. The molecule has 1 saturated heterocycles. The maximum atomic E-state index is 14.8. The Morgan fingerprint density at radius 1 is 0.861 bits per heavy atom. The molecule has 4 aromatic rings. The fraction of sp³-hybridized carbons (Fsp3) is 0.482. The van der Waals surface area contributed by atoms with Crippen LogP contribution in [0.15, 0.2) is 84.9 Å². The van der Waals surface area contributed by atoms with Crippen LogP contribution in [0.25, 0.3) is 22.3 Å². The predicted molar refractivity (Wildman–Crippen MR) is 276 cm³/mol. The molecule has 3 aliphatic carbocycles. The van der Waals surface area contributed by atoms with Gasteiger partial charge in [0.2, 0.25) is 23.6 Å². The fourth-order valence-electron chi connectivity index (χ4n) is 11.4. The maximum Gasteiger partial charge on any atom is 0.481 e. The van der Waals surface area contributed by atoms with Crippen molar-refractivity contribution in [1.29, 1.82) is 0 Å². The monoisotopic (exact) mass is 983 g/mol. The number of carbonyl (C=O) groups excluding carboxylic acids is 5. The minimum absolute atomic E-state index is 0.0163. The summed E-state index contributed by atoms with van der Waals surface area (Å²) in [5.74, 6) is -3.16. The molecule has 0 spiro atoms. The lowest BCUT2D eigenvalue weighted by atomic mass is 9.43. The molecule has 5 amide bonds. The average molecular weight is 983 g/mol. The van der Waals surface area contributed by atoms with Crippen molar-refractivity contribution >= 4 is 36.7 Å². The smallest absolute Gasteiger partial charge is 0.481 e. The number of aromatic hydroxyl groups is 2. The van der Waals surface area contributed by atoms with Crippen molar-refractivity contribution in [2.45, 2.75) is 141 Å². The number of nitrogens with two attached hydrogens (primary N) is 1. The quantitative estimate of drug-likeness (QED) is 0.0505. The Kier molecular flexibility index (Phi) is 15.5. The average Bonchev–Trinajstić information content (AvgIpc) is 3.73. The van der Waals surface area contributed by atoms with Crippen molar-refractivity contribution in [3.8, 4) is 33.8 Å². The van der Waals surface area contributed by atoms with E-state index >= 15 is 0 Å². The number of phenolic OH excluding ortho intramolecular Hbond substituents is 2. The second-order valence-corrected chi connectivity index (χ2v) is 21.3. The molecule has 2 aliphatic heterocycles. The van der Waals surface area contributed by atoms with Gasteiger partial charge in [0.15, 0.2) is 0 Å². The minimum Gasteiger partial charge on any atom is -0.507 e. The molecule has 0 aromatic heterocycles. The maximum absolute atomic E-state index is 14.8. The van der Waals surface area contributed by atoms with Gasteiger partial charge in [0.25, 0.3) is 5.91 Å². The molecule has 6 bridgehead atoms. The number of nitrogens with one attached hydrogen (secondary N) is 4. The van der Waals surface area contributed by atoms with Crippen LogP contribution in [0.2, 0.25) is 0 Å². The van der Waals surface area contributed by atoms with Gasteiger partial charge in [-0.3, -0.25) is 24.0 Å². The van der Waals surface area contributed by atoms with Gasteiger partial charge >= 0.3 is 7.12 Å². The van der Waals surface area contributed by atoms with E-state index in [4.69, 9.17) is 15.0 Å². The van der Waals surface area contributed by atoms with E-state index in [0.717, 1.165) is 43.2 Å². The first-order valence-electron chi connectivity index (χ1n) is 25.7. The number of aryl methyl sites for hydroxylation is 1. The van der Waals surface area contributed by atoms with Gasteiger partial charge in [-0.25, -0.2) is 0 Å². The Hall–Kier alpha value is -6.23. The second-order valence-electron chi connectivity index (χ2n) is 21.3. The van der Waals surface area contributed by atoms with Crippen molar-refractivity contribution in [2.75, 3.05) is 13.6 Å². The van der Waals surface area contributed by atoms with Crippen LogP contribution in [-0.4, -0.2) is 101 Å². The van der Waals surface area contributed by atoms with Gasteiger partial charge in [-0.1, -0.05) is 75.7 Å². The lowest BCUT2D eigenvalue weighted by Crippen LogP contribution is -2.65. The lowest BCUT2D eigenvalue weighted by molar-refractivity contribution is -0.199. The van der Waals surface area contributed by atoms with Gasteiger partial charge < -0.3 is 51.4 Å². The molecule has 9 atom stereocenters. The van der Waals surface area contributed by atoms with Gasteiger partial charge in [0.05, 0.1) is 17.6 Å². The highest BCUT2D eigenvalue weighted by Crippen LogP contribution is 2.65. The number of phenols is 2. The Morgan fingerprint density at radius 3 is 2.19 bits per heavy atom. The summed E-state index contributed by atoms with van der Waals surface area (Å²) in [5, 5.41) is 34.1. The second kappa shape index (κ2) is 21.5. The number of benzene rings is 4. The molecule has 0 unspecified atom stereocenters. The van der Waals surface area contributed by atoms with Crippen LogP contribution >= 0.6 is 0 Å². The van der Waals surface area contributed by atoms with Crippen molar-refractivity contribution in [1.82, 2.24) is 26.2 Å². The van der Waals surface area contributed by atoms with E-state index in [-0.39, 0.29) is 52.5 Å². The number of fused-ring (bicyclic) bond motifs is 5.